The van der Waals surface area contributed by atoms with E-state index < -0.39 is 0 Å². The van der Waals surface area contributed by atoms with E-state index in [-0.39, 0.29) is 0 Å². The number of halogens is 1. The molecule has 0 saturated heterocycles. The van der Waals surface area contributed by atoms with Gasteiger partial charge < -0.3 is 4.48 Å². The highest BCUT2D eigenvalue weighted by molar-refractivity contribution is 9.09. The lowest BCUT2D eigenvalue weighted by atomic mass is 10.4. The highest BCUT2D eigenvalue weighted by atomic mass is 79.9. The molecule has 0 aromatic rings. The van der Waals surface area contributed by atoms with Gasteiger partial charge in [0.25, 0.3) is 0 Å². The van der Waals surface area contributed by atoms with Gasteiger partial charge in [-0.3, -0.25) is 0 Å². The van der Waals surface area contributed by atoms with E-state index in [0.29, 0.717) is 0 Å². The Labute approximate surface area is 66.8 Å². The predicted octanol–water partition coefficient (Wildman–Crippen LogP) is 1.87. The van der Waals surface area contributed by atoms with Gasteiger partial charge in [0.15, 0.2) is 0 Å². The summed E-state index contributed by atoms with van der Waals surface area (Å²) in [4.78, 5) is 0. The molecule has 0 fully saturated rings. The minimum absolute atomic E-state index is 1.11. The molecular formula is C7H17BrN+. The van der Waals surface area contributed by atoms with Crippen molar-refractivity contribution >= 4 is 15.9 Å². The third-order valence-electron chi connectivity index (χ3n) is 1.52. The van der Waals surface area contributed by atoms with Crippen molar-refractivity contribution in [3.05, 3.63) is 0 Å². The smallest absolute Gasteiger partial charge is 0.0880 e. The van der Waals surface area contributed by atoms with Crippen LogP contribution in [0.2, 0.25) is 0 Å². The first-order chi connectivity index (χ1) is 4.12. The first-order valence-electron chi connectivity index (χ1n) is 3.50. The van der Waals surface area contributed by atoms with E-state index in [1.807, 2.05) is 0 Å². The largest absolute Gasteiger partial charge is 0.328 e. The minimum Gasteiger partial charge on any atom is -0.328 e. The Kier molecular flexibility index (Phi) is 4.50. The molecule has 0 heterocycles. The molecule has 9 heavy (non-hydrogen) atoms. The highest BCUT2D eigenvalue weighted by Gasteiger charge is 2.10. The molecule has 0 aromatic heterocycles. The number of alkyl halides is 1. The fraction of sp³-hybridized carbons (Fsp3) is 1.00. The molecular weight excluding hydrogens is 178 g/mol. The van der Waals surface area contributed by atoms with Crippen LogP contribution in [0.25, 0.3) is 0 Å². The van der Waals surface area contributed by atoms with Crippen LogP contribution >= 0.6 is 15.9 Å². The molecule has 0 saturated carbocycles. The predicted molar refractivity (Wildman–Crippen MR) is 45.9 cm³/mol. The van der Waals surface area contributed by atoms with Crippen molar-refractivity contribution in [2.24, 2.45) is 0 Å². The van der Waals surface area contributed by atoms with Crippen LogP contribution in [0.5, 0.6) is 0 Å². The first-order valence-corrected chi connectivity index (χ1v) is 4.62. The summed E-state index contributed by atoms with van der Waals surface area (Å²) in [5.74, 6) is 0. The SMILES string of the molecule is CCC[N+](C)(C)CCBr. The molecule has 0 radical (unpaired) electrons. The van der Waals surface area contributed by atoms with Gasteiger partial charge >= 0.3 is 0 Å². The maximum Gasteiger partial charge on any atom is 0.0880 e. The number of hydrogen-bond acceptors (Lipinski definition) is 0. The van der Waals surface area contributed by atoms with Crippen LogP contribution < -0.4 is 0 Å². The van der Waals surface area contributed by atoms with Crippen molar-refractivity contribution < 1.29 is 4.48 Å². The molecule has 0 rings (SSSR count). The summed E-state index contributed by atoms with van der Waals surface area (Å²) in [5.41, 5.74) is 0. The fourth-order valence-electron chi connectivity index (χ4n) is 0.946. The zero-order valence-corrected chi connectivity index (χ0v) is 8.24. The Hall–Kier alpha value is 0.440. The molecule has 0 unspecified atom stereocenters. The molecule has 0 aliphatic carbocycles. The van der Waals surface area contributed by atoms with Gasteiger partial charge in [-0.1, -0.05) is 22.9 Å². The lowest BCUT2D eigenvalue weighted by molar-refractivity contribution is -0.887. The average Bonchev–Trinajstić information content (AvgIpc) is 1.64. The van der Waals surface area contributed by atoms with Crippen molar-refractivity contribution in [3.63, 3.8) is 0 Å². The summed E-state index contributed by atoms with van der Waals surface area (Å²) in [5, 5.41) is 1.11. The van der Waals surface area contributed by atoms with E-state index in [1.54, 1.807) is 0 Å². The average molecular weight is 195 g/mol. The zero-order valence-electron chi connectivity index (χ0n) is 6.65. The first kappa shape index (κ1) is 9.44. The van der Waals surface area contributed by atoms with Crippen LogP contribution in [-0.2, 0) is 0 Å². The van der Waals surface area contributed by atoms with E-state index in [2.05, 4.69) is 36.9 Å². The van der Waals surface area contributed by atoms with Crippen molar-refractivity contribution in [2.45, 2.75) is 13.3 Å². The third kappa shape index (κ3) is 4.91. The molecule has 0 aliphatic rings. The van der Waals surface area contributed by atoms with E-state index in [1.165, 1.54) is 19.5 Å². The van der Waals surface area contributed by atoms with Crippen LogP contribution in [0, 0.1) is 0 Å². The van der Waals surface area contributed by atoms with Gasteiger partial charge in [0, 0.05) is 0 Å². The van der Waals surface area contributed by atoms with Gasteiger partial charge in [-0.2, -0.15) is 0 Å². The summed E-state index contributed by atoms with van der Waals surface area (Å²) in [7, 11) is 4.54. The van der Waals surface area contributed by atoms with Crippen molar-refractivity contribution in [1.29, 1.82) is 0 Å². The molecule has 0 amide bonds. The maximum atomic E-state index is 3.44. The molecule has 1 nitrogen and oxygen atoms in total. The molecule has 0 spiro atoms. The molecule has 0 N–H and O–H groups in total. The number of hydrogen-bond donors (Lipinski definition) is 0. The Bertz CT molecular complexity index is 63.3. The highest BCUT2D eigenvalue weighted by Crippen LogP contribution is 1.99. The standard InChI is InChI=1S/C7H17BrN/c1-4-6-9(2,3)7-5-8/h4-7H2,1-3H3/q+1. The van der Waals surface area contributed by atoms with Crippen LogP contribution in [0.3, 0.4) is 0 Å². The summed E-state index contributed by atoms with van der Waals surface area (Å²) >= 11 is 3.44. The maximum absolute atomic E-state index is 3.44. The van der Waals surface area contributed by atoms with Gasteiger partial charge in [-0.25, -0.2) is 0 Å². The van der Waals surface area contributed by atoms with Crippen LogP contribution in [0.1, 0.15) is 13.3 Å². The summed E-state index contributed by atoms with van der Waals surface area (Å²) < 4.78 is 1.14. The van der Waals surface area contributed by atoms with E-state index in [0.717, 1.165) is 9.81 Å². The number of rotatable bonds is 4. The van der Waals surface area contributed by atoms with Crippen molar-refractivity contribution in [2.75, 3.05) is 32.5 Å². The van der Waals surface area contributed by atoms with E-state index in [4.69, 9.17) is 0 Å². The summed E-state index contributed by atoms with van der Waals surface area (Å²) in [6.45, 7) is 4.74. The summed E-state index contributed by atoms with van der Waals surface area (Å²) in [6.07, 6.45) is 1.28. The second-order valence-electron chi connectivity index (χ2n) is 3.07. The Morgan fingerprint density at radius 2 is 1.78 bits per heavy atom. The van der Waals surface area contributed by atoms with Crippen LogP contribution in [0.4, 0.5) is 0 Å². The molecule has 0 atom stereocenters. The van der Waals surface area contributed by atoms with E-state index >= 15 is 0 Å². The van der Waals surface area contributed by atoms with Crippen LogP contribution in [-0.4, -0.2) is 37.0 Å². The third-order valence-corrected chi connectivity index (χ3v) is 1.87. The van der Waals surface area contributed by atoms with Crippen LogP contribution in [0.15, 0.2) is 0 Å². The second-order valence-corrected chi connectivity index (χ2v) is 3.86. The summed E-state index contributed by atoms with van der Waals surface area (Å²) in [6, 6.07) is 0. The minimum atomic E-state index is 1.11. The number of nitrogens with zero attached hydrogens (tertiary/aromatic N) is 1. The van der Waals surface area contributed by atoms with Gasteiger partial charge in [0.2, 0.25) is 0 Å². The quantitative estimate of drug-likeness (QED) is 0.474. The van der Waals surface area contributed by atoms with Crippen molar-refractivity contribution in [3.8, 4) is 0 Å². The lowest BCUT2D eigenvalue weighted by Gasteiger charge is -2.28. The zero-order chi connectivity index (χ0) is 7.33. The van der Waals surface area contributed by atoms with E-state index in [9.17, 15) is 0 Å². The molecule has 56 valence electrons. The second kappa shape index (κ2) is 4.29. The molecule has 0 aliphatic heterocycles. The molecule has 0 bridgehead atoms. The Morgan fingerprint density at radius 3 is 2.11 bits per heavy atom. The van der Waals surface area contributed by atoms with Gasteiger partial charge in [0.05, 0.1) is 32.5 Å². The molecule has 2 heteroatoms. The normalized spacial score (nSPS) is 12.0. The van der Waals surface area contributed by atoms with Crippen molar-refractivity contribution in [1.82, 2.24) is 0 Å². The van der Waals surface area contributed by atoms with Gasteiger partial charge in [0.1, 0.15) is 0 Å². The Morgan fingerprint density at radius 1 is 1.22 bits per heavy atom. The fourth-order valence-corrected chi connectivity index (χ4v) is 1.91. The Balaban J connectivity index is 3.43. The van der Waals surface area contributed by atoms with Gasteiger partial charge in [-0.05, 0) is 6.42 Å². The number of quaternary nitrogens is 1. The monoisotopic (exact) mass is 194 g/mol. The molecule has 0 aromatic carbocycles. The topological polar surface area (TPSA) is 0 Å². The van der Waals surface area contributed by atoms with Gasteiger partial charge in [-0.15, -0.1) is 0 Å². The lowest BCUT2D eigenvalue weighted by Crippen LogP contribution is -2.41.